The summed E-state index contributed by atoms with van der Waals surface area (Å²) < 4.78 is 80.6. The van der Waals surface area contributed by atoms with Crippen molar-refractivity contribution in [2.75, 3.05) is 19.8 Å². The van der Waals surface area contributed by atoms with Crippen LogP contribution in [0.2, 0.25) is 0 Å². The van der Waals surface area contributed by atoms with E-state index >= 15 is 0 Å². The van der Waals surface area contributed by atoms with Crippen LogP contribution in [-0.2, 0) is 38.7 Å². The van der Waals surface area contributed by atoms with Crippen LogP contribution in [0.15, 0.2) is 0 Å². The number of carbonyl (C=O) groups excluding carboxylic acids is 2. The van der Waals surface area contributed by atoms with Gasteiger partial charge in [-0.2, -0.15) is 17.2 Å². The summed E-state index contributed by atoms with van der Waals surface area (Å²) in [5.41, 5.74) is -1.42. The fourth-order valence-electron chi connectivity index (χ4n) is 8.33. The van der Waals surface area contributed by atoms with Gasteiger partial charge < -0.3 is 18.9 Å². The van der Waals surface area contributed by atoms with Crippen LogP contribution in [0.4, 0.5) is 8.78 Å². The van der Waals surface area contributed by atoms with Crippen molar-refractivity contribution in [3.8, 4) is 0 Å². The molecule has 1 heterocycles. The van der Waals surface area contributed by atoms with E-state index in [1.807, 2.05) is 0 Å². The van der Waals surface area contributed by atoms with Crippen LogP contribution in [0.1, 0.15) is 84.0 Å². The molecule has 0 radical (unpaired) electrons. The molecule has 0 aromatic carbocycles. The Kier molecular flexibility index (Phi) is 8.06. The SMILES string of the molecule is CC1CC2CCCC(C(=O)OCC3COC(C4CC5CCCC(C(=O)OCC(F)(F)S(=O)(=O)O)(C5)C4)O3)(C1)C2. The van der Waals surface area contributed by atoms with Gasteiger partial charge in [0.25, 0.3) is 0 Å². The minimum atomic E-state index is -5.70. The van der Waals surface area contributed by atoms with E-state index in [1.54, 1.807) is 0 Å². The van der Waals surface area contributed by atoms with Crippen LogP contribution in [0, 0.1) is 34.5 Å². The first-order valence-corrected chi connectivity index (χ1v) is 15.7. The van der Waals surface area contributed by atoms with E-state index in [9.17, 15) is 26.8 Å². The van der Waals surface area contributed by atoms with Crippen molar-refractivity contribution >= 4 is 22.1 Å². The Bertz CT molecular complexity index is 1050. The van der Waals surface area contributed by atoms with Gasteiger partial charge in [0.15, 0.2) is 12.9 Å². The Morgan fingerprint density at radius 2 is 1.59 bits per heavy atom. The van der Waals surface area contributed by atoms with Crippen molar-refractivity contribution < 1.29 is 50.3 Å². The molecule has 222 valence electrons. The average Bonchev–Trinajstić information content (AvgIpc) is 3.33. The Morgan fingerprint density at radius 3 is 2.26 bits per heavy atom. The van der Waals surface area contributed by atoms with E-state index in [0.29, 0.717) is 31.1 Å². The van der Waals surface area contributed by atoms with Gasteiger partial charge in [-0.1, -0.05) is 32.6 Å². The summed E-state index contributed by atoms with van der Waals surface area (Å²) in [5.74, 6) is 0.0570. The molecule has 12 heteroatoms. The number of alkyl halides is 2. The lowest BCUT2D eigenvalue weighted by atomic mass is 9.58. The molecule has 4 saturated carbocycles. The quantitative estimate of drug-likeness (QED) is 0.328. The van der Waals surface area contributed by atoms with E-state index in [4.69, 9.17) is 23.5 Å². The summed E-state index contributed by atoms with van der Waals surface area (Å²) >= 11 is 0. The third-order valence-electron chi connectivity index (χ3n) is 9.83. The normalized spacial score (nSPS) is 40.6. The number of carbonyl (C=O) groups is 2. The molecule has 4 bridgehead atoms. The zero-order valence-electron chi connectivity index (χ0n) is 22.4. The minimum absolute atomic E-state index is 0.101. The molecule has 9 nitrogen and oxygen atoms in total. The maximum Gasteiger partial charge on any atom is 0.402 e. The molecular formula is C27H40F2O9S. The van der Waals surface area contributed by atoms with Gasteiger partial charge in [0, 0.05) is 5.92 Å². The second-order valence-electron chi connectivity index (χ2n) is 13.0. The van der Waals surface area contributed by atoms with Crippen LogP contribution < -0.4 is 0 Å². The standard InChI is InChI=1S/C27H40F2O9S/c1-17-8-18-4-2-6-25(10-17,11-18)23(30)36-15-21-14-35-22(38-21)20-9-19-5-3-7-26(12-19,13-20)24(31)37-16-27(28,29)39(32,33)34/h17-22H,2-16H2,1H3,(H,32,33,34). The van der Waals surface area contributed by atoms with E-state index in [1.165, 1.54) is 12.8 Å². The second kappa shape index (κ2) is 10.8. The van der Waals surface area contributed by atoms with Crippen LogP contribution in [0.5, 0.6) is 0 Å². The highest BCUT2D eigenvalue weighted by atomic mass is 32.2. The molecule has 0 aromatic rings. The smallest absolute Gasteiger partial charge is 0.402 e. The maximum absolute atomic E-state index is 13.7. The van der Waals surface area contributed by atoms with Gasteiger partial charge in [0.1, 0.15) is 12.7 Å². The van der Waals surface area contributed by atoms with Crippen LogP contribution in [0.3, 0.4) is 0 Å². The number of hydrogen-bond acceptors (Lipinski definition) is 8. The summed E-state index contributed by atoms with van der Waals surface area (Å²) in [6, 6.07) is 0. The number of rotatable bonds is 8. The van der Waals surface area contributed by atoms with Crippen molar-refractivity contribution in [3.63, 3.8) is 0 Å². The molecule has 1 saturated heterocycles. The molecule has 0 spiro atoms. The monoisotopic (exact) mass is 578 g/mol. The van der Waals surface area contributed by atoms with Crippen molar-refractivity contribution in [2.45, 2.75) is 102 Å². The van der Waals surface area contributed by atoms with Crippen molar-refractivity contribution in [3.05, 3.63) is 0 Å². The average molecular weight is 579 g/mol. The van der Waals surface area contributed by atoms with Crippen molar-refractivity contribution in [1.82, 2.24) is 0 Å². The first-order valence-electron chi connectivity index (χ1n) is 14.3. The van der Waals surface area contributed by atoms with Crippen LogP contribution >= 0.6 is 0 Å². The Labute approximate surface area is 228 Å². The molecule has 5 rings (SSSR count). The first kappa shape index (κ1) is 29.1. The van der Waals surface area contributed by atoms with Crippen molar-refractivity contribution in [2.24, 2.45) is 34.5 Å². The highest BCUT2D eigenvalue weighted by molar-refractivity contribution is 7.86. The van der Waals surface area contributed by atoms with Gasteiger partial charge in [-0.15, -0.1) is 0 Å². The Morgan fingerprint density at radius 1 is 0.974 bits per heavy atom. The number of esters is 2. The molecular weight excluding hydrogens is 538 g/mol. The van der Waals surface area contributed by atoms with E-state index in [2.05, 4.69) is 6.92 Å². The van der Waals surface area contributed by atoms with Crippen LogP contribution in [-0.4, -0.2) is 62.4 Å². The molecule has 5 aliphatic rings. The third-order valence-corrected chi connectivity index (χ3v) is 10.7. The predicted octanol–water partition coefficient (Wildman–Crippen LogP) is 4.49. The molecule has 5 fully saturated rings. The summed E-state index contributed by atoms with van der Waals surface area (Å²) in [4.78, 5) is 26.2. The summed E-state index contributed by atoms with van der Waals surface area (Å²) in [7, 11) is -5.70. The highest BCUT2D eigenvalue weighted by Crippen LogP contribution is 2.54. The molecule has 0 amide bonds. The van der Waals surface area contributed by atoms with Crippen LogP contribution in [0.25, 0.3) is 0 Å². The first-order chi connectivity index (χ1) is 18.3. The minimum Gasteiger partial charge on any atom is -0.462 e. The molecule has 4 aliphatic carbocycles. The zero-order valence-corrected chi connectivity index (χ0v) is 23.3. The molecule has 0 aromatic heterocycles. The van der Waals surface area contributed by atoms with Gasteiger partial charge in [0.05, 0.1) is 17.4 Å². The number of fused-ring (bicyclic) bond motifs is 4. The van der Waals surface area contributed by atoms with Gasteiger partial charge in [-0.05, 0) is 69.1 Å². The van der Waals surface area contributed by atoms with Crippen molar-refractivity contribution in [1.29, 1.82) is 0 Å². The summed E-state index contributed by atoms with van der Waals surface area (Å²) in [5, 5.41) is -4.57. The molecule has 8 unspecified atom stereocenters. The van der Waals surface area contributed by atoms with E-state index < -0.39 is 45.8 Å². The molecule has 1 N–H and O–H groups in total. The van der Waals surface area contributed by atoms with Gasteiger partial charge in [-0.3, -0.25) is 14.1 Å². The molecule has 1 aliphatic heterocycles. The number of ether oxygens (including phenoxy) is 4. The maximum atomic E-state index is 13.7. The van der Waals surface area contributed by atoms with Gasteiger partial charge in [-0.25, -0.2) is 0 Å². The predicted molar refractivity (Wildman–Crippen MR) is 133 cm³/mol. The van der Waals surface area contributed by atoms with E-state index in [0.717, 1.165) is 44.9 Å². The number of halogens is 2. The van der Waals surface area contributed by atoms with Gasteiger partial charge in [0.2, 0.25) is 0 Å². The topological polar surface area (TPSA) is 125 Å². The fraction of sp³-hybridized carbons (Fsp3) is 0.926. The van der Waals surface area contributed by atoms with E-state index in [-0.39, 0.29) is 36.4 Å². The lowest BCUT2D eigenvalue weighted by Gasteiger charge is -2.47. The largest absolute Gasteiger partial charge is 0.462 e. The lowest BCUT2D eigenvalue weighted by molar-refractivity contribution is -0.180. The highest BCUT2D eigenvalue weighted by Gasteiger charge is 2.54. The fourth-order valence-corrected chi connectivity index (χ4v) is 8.53. The lowest BCUT2D eigenvalue weighted by Crippen LogP contribution is -2.47. The Balaban J connectivity index is 1.16. The number of hydrogen-bond donors (Lipinski definition) is 1. The summed E-state index contributed by atoms with van der Waals surface area (Å²) in [6.07, 6.45) is 8.57. The van der Waals surface area contributed by atoms with Gasteiger partial charge >= 0.3 is 27.3 Å². The third kappa shape index (κ3) is 5.99. The zero-order chi connectivity index (χ0) is 28.1. The molecule has 8 atom stereocenters. The second-order valence-corrected chi connectivity index (χ2v) is 14.5. The Hall–Kier alpha value is -1.37. The molecule has 39 heavy (non-hydrogen) atoms. The summed E-state index contributed by atoms with van der Waals surface area (Å²) in [6.45, 7) is 0.834.